The number of hydrogen-bond donors (Lipinski definition) is 3. The Balaban J connectivity index is 1.94. The van der Waals surface area contributed by atoms with Gasteiger partial charge in [-0.25, -0.2) is 0 Å². The van der Waals surface area contributed by atoms with E-state index in [1.807, 2.05) is 13.8 Å². The Kier molecular flexibility index (Phi) is 7.57. The zero-order valence-electron chi connectivity index (χ0n) is 20.7. The summed E-state index contributed by atoms with van der Waals surface area (Å²) < 4.78 is 6.44. The van der Waals surface area contributed by atoms with Gasteiger partial charge in [-0.3, -0.25) is 14.4 Å². The molecule has 3 N–H and O–H groups in total. The Hall–Kier alpha value is -1.19. The zero-order valence-corrected chi connectivity index (χ0v) is 22.3. The molecule has 3 aliphatic rings. The van der Waals surface area contributed by atoms with Crippen LogP contribution in [0.4, 0.5) is 0 Å². The molecule has 6 atom stereocenters. The fourth-order valence-electron chi connectivity index (χ4n) is 6.48. The topological polar surface area (TPSA) is 108 Å². The van der Waals surface area contributed by atoms with Crippen molar-refractivity contribution in [3.8, 4) is 0 Å². The maximum absolute atomic E-state index is 13.8. The third kappa shape index (κ3) is 4.96. The van der Waals surface area contributed by atoms with Crippen molar-refractivity contribution in [1.29, 1.82) is 0 Å². The van der Waals surface area contributed by atoms with Gasteiger partial charge in [-0.2, -0.15) is 0 Å². The molecule has 0 radical (unpaired) electrons. The van der Waals surface area contributed by atoms with Gasteiger partial charge in [0.1, 0.15) is 11.6 Å². The predicted octanol–water partition coefficient (Wildman–Crippen LogP) is 1.97. The van der Waals surface area contributed by atoms with Gasteiger partial charge in [-0.05, 0) is 51.4 Å². The van der Waals surface area contributed by atoms with Crippen LogP contribution in [0.1, 0.15) is 66.7 Å². The molecule has 1 spiro atoms. The summed E-state index contributed by atoms with van der Waals surface area (Å²) in [4.78, 5) is 41.9. The minimum Gasteiger partial charge on any atom is -0.396 e. The molecule has 8 nitrogen and oxygen atoms in total. The maximum atomic E-state index is 13.8. The summed E-state index contributed by atoms with van der Waals surface area (Å²) in [5.74, 6) is -1.92. The van der Waals surface area contributed by atoms with Crippen molar-refractivity contribution in [1.82, 2.24) is 15.5 Å². The zero-order chi connectivity index (χ0) is 24.8. The number of hydrogen-bond acceptors (Lipinski definition) is 5. The standard InChI is InChI=1S/C24H40BrN3O5/c1-22(2,3)13-23(4,5)27-20(31)18-24-12-14(25)17(33-24)15(19(30)26-6)16(24)21(32)28(18)10-8-7-9-11-29/h14-18,29H,7-13H2,1-6H3,(H,26,30)(H,27,31)/t14?,15-,16+,17-,18?,24?/m1/s1. The number of fused-ring (bicyclic) bond motifs is 1. The second-order valence-corrected chi connectivity index (χ2v) is 12.9. The molecule has 3 aliphatic heterocycles. The molecule has 3 rings (SSSR count). The summed E-state index contributed by atoms with van der Waals surface area (Å²) >= 11 is 3.66. The molecular formula is C24H40BrN3O5. The summed E-state index contributed by atoms with van der Waals surface area (Å²) in [6.07, 6.45) is 2.92. The van der Waals surface area contributed by atoms with E-state index in [4.69, 9.17) is 9.84 Å². The van der Waals surface area contributed by atoms with Crippen molar-refractivity contribution in [2.24, 2.45) is 17.3 Å². The lowest BCUT2D eigenvalue weighted by Crippen LogP contribution is -2.59. The molecule has 3 fully saturated rings. The highest BCUT2D eigenvalue weighted by molar-refractivity contribution is 9.09. The molecule has 0 aromatic heterocycles. The lowest BCUT2D eigenvalue weighted by Gasteiger charge is -2.38. The van der Waals surface area contributed by atoms with Crippen LogP contribution in [-0.2, 0) is 19.1 Å². The highest BCUT2D eigenvalue weighted by Crippen LogP contribution is 2.60. The van der Waals surface area contributed by atoms with Crippen molar-refractivity contribution in [3.05, 3.63) is 0 Å². The largest absolute Gasteiger partial charge is 0.396 e. The summed E-state index contributed by atoms with van der Waals surface area (Å²) in [6, 6.07) is -0.789. The number of nitrogens with zero attached hydrogens (tertiary/aromatic N) is 1. The highest BCUT2D eigenvalue weighted by atomic mass is 79.9. The molecule has 3 heterocycles. The van der Waals surface area contributed by atoms with Crippen LogP contribution in [0.3, 0.4) is 0 Å². The van der Waals surface area contributed by atoms with E-state index < -0.39 is 35.1 Å². The Morgan fingerprint density at radius 1 is 1.18 bits per heavy atom. The Morgan fingerprint density at radius 3 is 2.42 bits per heavy atom. The molecule has 33 heavy (non-hydrogen) atoms. The van der Waals surface area contributed by atoms with Crippen molar-refractivity contribution in [2.45, 2.75) is 94.8 Å². The van der Waals surface area contributed by atoms with Crippen molar-refractivity contribution in [2.75, 3.05) is 20.2 Å². The minimum absolute atomic E-state index is 0.0145. The van der Waals surface area contributed by atoms with Crippen LogP contribution in [0.15, 0.2) is 0 Å². The number of likely N-dealkylation sites (tertiary alicyclic amines) is 1. The Bertz CT molecular complexity index is 783. The number of ether oxygens (including phenoxy) is 1. The number of alkyl halides is 1. The first-order chi connectivity index (χ1) is 15.3. The first-order valence-corrected chi connectivity index (χ1v) is 13.0. The summed E-state index contributed by atoms with van der Waals surface area (Å²) in [5, 5.41) is 15.0. The van der Waals surface area contributed by atoms with Gasteiger partial charge in [-0.1, -0.05) is 36.7 Å². The number of carbonyl (C=O) groups is 3. The van der Waals surface area contributed by atoms with Gasteiger partial charge in [-0.15, -0.1) is 0 Å². The molecule has 3 saturated heterocycles. The lowest BCUT2D eigenvalue weighted by molar-refractivity contribution is -0.142. The fourth-order valence-corrected chi connectivity index (χ4v) is 7.42. The van der Waals surface area contributed by atoms with Crippen LogP contribution < -0.4 is 10.6 Å². The van der Waals surface area contributed by atoms with E-state index in [0.29, 0.717) is 25.8 Å². The summed E-state index contributed by atoms with van der Waals surface area (Å²) in [5.41, 5.74) is -1.48. The average Bonchev–Trinajstić information content (AvgIpc) is 3.26. The third-order valence-corrected chi connectivity index (χ3v) is 7.92. The van der Waals surface area contributed by atoms with Gasteiger partial charge in [0, 0.05) is 30.6 Å². The number of aliphatic hydroxyl groups excluding tert-OH is 1. The molecule has 9 heteroatoms. The molecule has 2 bridgehead atoms. The molecule has 188 valence electrons. The number of carbonyl (C=O) groups excluding carboxylic acids is 3. The van der Waals surface area contributed by atoms with Crippen LogP contribution in [0, 0.1) is 17.3 Å². The van der Waals surface area contributed by atoms with Gasteiger partial charge in [0.05, 0.1) is 17.9 Å². The number of aliphatic hydroxyl groups is 1. The average molecular weight is 531 g/mol. The predicted molar refractivity (Wildman–Crippen MR) is 129 cm³/mol. The Morgan fingerprint density at radius 2 is 1.85 bits per heavy atom. The van der Waals surface area contributed by atoms with Gasteiger partial charge < -0.3 is 25.4 Å². The monoisotopic (exact) mass is 529 g/mol. The van der Waals surface area contributed by atoms with E-state index in [1.54, 1.807) is 11.9 Å². The van der Waals surface area contributed by atoms with Crippen LogP contribution in [0.2, 0.25) is 0 Å². The van der Waals surface area contributed by atoms with E-state index in [2.05, 4.69) is 47.3 Å². The maximum Gasteiger partial charge on any atom is 0.246 e. The second-order valence-electron chi connectivity index (χ2n) is 11.7. The van der Waals surface area contributed by atoms with Crippen LogP contribution >= 0.6 is 15.9 Å². The molecule has 3 unspecified atom stereocenters. The lowest BCUT2D eigenvalue weighted by atomic mass is 9.70. The van der Waals surface area contributed by atoms with E-state index in [-0.39, 0.29) is 34.6 Å². The second kappa shape index (κ2) is 9.46. The molecule has 0 aromatic rings. The highest BCUT2D eigenvalue weighted by Gasteiger charge is 2.76. The van der Waals surface area contributed by atoms with Gasteiger partial charge in [0.25, 0.3) is 0 Å². The fraction of sp³-hybridized carbons (Fsp3) is 0.875. The minimum atomic E-state index is -1.02. The summed E-state index contributed by atoms with van der Waals surface area (Å²) in [6.45, 7) is 10.9. The first-order valence-electron chi connectivity index (χ1n) is 12.0. The van der Waals surface area contributed by atoms with E-state index in [0.717, 1.165) is 12.8 Å². The Labute approximate surface area is 205 Å². The molecular weight excluding hydrogens is 490 g/mol. The van der Waals surface area contributed by atoms with Crippen molar-refractivity contribution < 1.29 is 24.2 Å². The molecule has 0 aliphatic carbocycles. The quantitative estimate of drug-likeness (QED) is 0.312. The SMILES string of the molecule is CNC(=O)[C@H]1[C@@H]2OC3(CC2Br)C(C(=O)NC(C)(C)CC(C)(C)C)N(CCCCCO)C(=O)[C@H]13. The van der Waals surface area contributed by atoms with E-state index >= 15 is 0 Å². The summed E-state index contributed by atoms with van der Waals surface area (Å²) in [7, 11) is 1.57. The van der Waals surface area contributed by atoms with E-state index in [1.165, 1.54) is 0 Å². The molecule has 0 aromatic carbocycles. The number of halogens is 1. The van der Waals surface area contributed by atoms with Crippen LogP contribution in [-0.4, -0.2) is 76.0 Å². The van der Waals surface area contributed by atoms with Crippen LogP contribution in [0.25, 0.3) is 0 Å². The number of unbranched alkanes of at least 4 members (excludes halogenated alkanes) is 2. The smallest absolute Gasteiger partial charge is 0.246 e. The van der Waals surface area contributed by atoms with Gasteiger partial charge >= 0.3 is 0 Å². The third-order valence-electron chi connectivity index (χ3n) is 7.08. The molecule has 0 saturated carbocycles. The van der Waals surface area contributed by atoms with E-state index in [9.17, 15) is 14.4 Å². The number of amides is 3. The van der Waals surface area contributed by atoms with Gasteiger partial charge in [0.15, 0.2) is 0 Å². The molecule has 3 amide bonds. The number of nitrogens with one attached hydrogen (secondary N) is 2. The van der Waals surface area contributed by atoms with Crippen LogP contribution in [0.5, 0.6) is 0 Å². The normalized spacial score (nSPS) is 33.4. The first kappa shape index (κ1) is 26.4. The van der Waals surface area contributed by atoms with Gasteiger partial charge in [0.2, 0.25) is 17.7 Å². The number of rotatable bonds is 9. The van der Waals surface area contributed by atoms with Crippen molar-refractivity contribution >= 4 is 33.7 Å². The van der Waals surface area contributed by atoms with Crippen molar-refractivity contribution in [3.63, 3.8) is 0 Å².